The number of ether oxygens (including phenoxy) is 1. The minimum atomic E-state index is -1.08. The fourth-order valence-corrected chi connectivity index (χ4v) is 4.49. The summed E-state index contributed by atoms with van der Waals surface area (Å²) >= 11 is 0. The van der Waals surface area contributed by atoms with Gasteiger partial charge in [0.05, 0.1) is 25.7 Å². The van der Waals surface area contributed by atoms with E-state index >= 15 is 0 Å². The van der Waals surface area contributed by atoms with Gasteiger partial charge in [0.2, 0.25) is 0 Å². The predicted octanol–water partition coefficient (Wildman–Crippen LogP) is 4.98. The average molecular weight is 523 g/mol. The molecule has 0 spiro atoms. The van der Waals surface area contributed by atoms with Crippen LogP contribution in [0.3, 0.4) is 0 Å². The summed E-state index contributed by atoms with van der Waals surface area (Å²) in [5, 5.41) is 23.7. The molecule has 0 saturated heterocycles. The van der Waals surface area contributed by atoms with E-state index in [1.165, 1.54) is 25.3 Å². The molecule has 0 saturated carbocycles. The third-order valence-electron chi connectivity index (χ3n) is 6.13. The molecular weight excluding hydrogens is 487 g/mol. The highest BCUT2D eigenvalue weighted by Crippen LogP contribution is 2.42. The highest BCUT2D eigenvalue weighted by molar-refractivity contribution is 6.06. The molecule has 202 valence electrons. The smallest absolute Gasteiger partial charge is 0.308 e. The molecule has 7 nitrogen and oxygen atoms in total. The number of nitrogens with one attached hydrogen (secondary N) is 1. The van der Waals surface area contributed by atoms with Crippen molar-refractivity contribution in [2.45, 2.75) is 51.9 Å². The Kier molecular flexibility index (Phi) is 9.98. The minimum Gasteiger partial charge on any atom is -0.469 e. The lowest BCUT2D eigenvalue weighted by Gasteiger charge is -2.17. The molecule has 1 amide bonds. The lowest BCUT2D eigenvalue weighted by atomic mass is 9.94. The second kappa shape index (κ2) is 13.2. The van der Waals surface area contributed by atoms with Crippen LogP contribution < -0.4 is 5.32 Å². The summed E-state index contributed by atoms with van der Waals surface area (Å²) in [6.45, 7) is 6.20. The van der Waals surface area contributed by atoms with Crippen LogP contribution in [0.1, 0.15) is 55.8 Å². The summed E-state index contributed by atoms with van der Waals surface area (Å²) in [5.41, 5.74) is 4.02. The molecule has 1 heterocycles. The Morgan fingerprint density at radius 3 is 2.24 bits per heavy atom. The number of hydrogen-bond acceptors (Lipinski definition) is 5. The maximum atomic E-state index is 13.9. The molecule has 1 aromatic heterocycles. The fraction of sp³-hybridized carbons (Fsp3) is 0.333. The van der Waals surface area contributed by atoms with E-state index < -0.39 is 18.2 Å². The fourth-order valence-electron chi connectivity index (χ4n) is 4.49. The molecule has 0 unspecified atom stereocenters. The number of amides is 1. The number of hydrogen-bond donors (Lipinski definition) is 3. The van der Waals surface area contributed by atoms with Crippen molar-refractivity contribution in [3.8, 4) is 22.3 Å². The SMILES string of the molecule is CCNC(=O)c1c(-c2ccccc2)c(-c2ccc(F)cc2)c(C=C[C@@H](O)C[C@@H](O)CC(=O)OC)n1C(C)C. The molecule has 0 aliphatic carbocycles. The topological polar surface area (TPSA) is 101 Å². The average Bonchev–Trinajstić information content (AvgIpc) is 3.24. The molecule has 2 aromatic carbocycles. The Hall–Kier alpha value is -3.75. The molecule has 38 heavy (non-hydrogen) atoms. The summed E-state index contributed by atoms with van der Waals surface area (Å²) < 4.78 is 20.4. The first-order valence-corrected chi connectivity index (χ1v) is 12.7. The summed E-state index contributed by atoms with van der Waals surface area (Å²) in [6, 6.07) is 15.4. The van der Waals surface area contributed by atoms with Crippen molar-refractivity contribution in [3.63, 3.8) is 0 Å². The zero-order valence-electron chi connectivity index (χ0n) is 22.1. The van der Waals surface area contributed by atoms with Crippen molar-refractivity contribution < 1.29 is 28.9 Å². The molecular formula is C30H35FN2O5. The number of nitrogens with zero attached hydrogens (tertiary/aromatic N) is 1. The number of carbonyl (C=O) groups excluding carboxylic acids is 2. The van der Waals surface area contributed by atoms with Crippen LogP contribution in [0.25, 0.3) is 28.3 Å². The highest BCUT2D eigenvalue weighted by atomic mass is 19.1. The van der Waals surface area contributed by atoms with Crippen molar-refractivity contribution in [2.24, 2.45) is 0 Å². The normalized spacial score (nSPS) is 13.1. The van der Waals surface area contributed by atoms with Gasteiger partial charge in [-0.2, -0.15) is 0 Å². The van der Waals surface area contributed by atoms with Crippen molar-refractivity contribution in [2.75, 3.05) is 13.7 Å². The van der Waals surface area contributed by atoms with E-state index in [1.54, 1.807) is 18.2 Å². The number of benzene rings is 2. The monoisotopic (exact) mass is 522 g/mol. The van der Waals surface area contributed by atoms with Gasteiger partial charge in [-0.25, -0.2) is 4.39 Å². The summed E-state index contributed by atoms with van der Waals surface area (Å²) in [5.74, 6) is -1.20. The van der Waals surface area contributed by atoms with Gasteiger partial charge in [0, 0.05) is 35.8 Å². The van der Waals surface area contributed by atoms with Gasteiger partial charge >= 0.3 is 5.97 Å². The van der Waals surface area contributed by atoms with E-state index in [9.17, 15) is 24.2 Å². The molecule has 3 rings (SSSR count). The second-order valence-corrected chi connectivity index (χ2v) is 9.28. The number of aliphatic hydroxyl groups is 2. The first-order valence-electron chi connectivity index (χ1n) is 12.7. The van der Waals surface area contributed by atoms with Gasteiger partial charge in [0.15, 0.2) is 0 Å². The Morgan fingerprint density at radius 1 is 1.03 bits per heavy atom. The molecule has 0 aliphatic rings. The van der Waals surface area contributed by atoms with E-state index in [2.05, 4.69) is 10.1 Å². The number of rotatable bonds is 11. The van der Waals surface area contributed by atoms with Crippen LogP contribution in [0, 0.1) is 5.82 Å². The van der Waals surface area contributed by atoms with Gasteiger partial charge in [0.1, 0.15) is 11.5 Å². The predicted molar refractivity (Wildman–Crippen MR) is 146 cm³/mol. The lowest BCUT2D eigenvalue weighted by Crippen LogP contribution is -2.27. The molecule has 3 aromatic rings. The van der Waals surface area contributed by atoms with Crippen LogP contribution in [0.5, 0.6) is 0 Å². The quantitative estimate of drug-likeness (QED) is 0.309. The van der Waals surface area contributed by atoms with E-state index in [-0.39, 0.29) is 30.6 Å². The van der Waals surface area contributed by atoms with Gasteiger partial charge in [-0.1, -0.05) is 48.5 Å². The number of aliphatic hydroxyl groups excluding tert-OH is 2. The Labute approximate surface area is 222 Å². The number of esters is 1. The highest BCUT2D eigenvalue weighted by Gasteiger charge is 2.29. The summed E-state index contributed by atoms with van der Waals surface area (Å²) in [4.78, 5) is 25.0. The molecule has 3 N–H and O–H groups in total. The summed E-state index contributed by atoms with van der Waals surface area (Å²) in [7, 11) is 1.24. The Balaban J connectivity index is 2.25. The number of methoxy groups -OCH3 is 1. The van der Waals surface area contributed by atoms with Crippen LogP contribution >= 0.6 is 0 Å². The summed E-state index contributed by atoms with van der Waals surface area (Å²) in [6.07, 6.45) is 0.778. The van der Waals surface area contributed by atoms with Crippen molar-refractivity contribution in [1.29, 1.82) is 0 Å². The third kappa shape index (κ3) is 6.76. The lowest BCUT2D eigenvalue weighted by molar-refractivity contribution is -0.143. The van der Waals surface area contributed by atoms with Crippen LogP contribution in [0.2, 0.25) is 0 Å². The number of halogens is 1. The first-order chi connectivity index (χ1) is 18.2. The third-order valence-corrected chi connectivity index (χ3v) is 6.13. The number of aromatic nitrogens is 1. The van der Waals surface area contributed by atoms with E-state index in [1.807, 2.05) is 55.7 Å². The molecule has 8 heteroatoms. The van der Waals surface area contributed by atoms with Crippen molar-refractivity contribution >= 4 is 18.0 Å². The Morgan fingerprint density at radius 2 is 1.66 bits per heavy atom. The first kappa shape index (κ1) is 28.8. The maximum absolute atomic E-state index is 13.9. The van der Waals surface area contributed by atoms with E-state index in [0.717, 1.165) is 5.56 Å². The van der Waals surface area contributed by atoms with Crippen molar-refractivity contribution in [3.05, 3.63) is 77.9 Å². The molecule has 0 aliphatic heterocycles. The molecule has 0 fully saturated rings. The van der Waals surface area contributed by atoms with Crippen LogP contribution in [-0.4, -0.2) is 52.5 Å². The van der Waals surface area contributed by atoms with E-state index in [0.29, 0.717) is 34.6 Å². The van der Waals surface area contributed by atoms with Gasteiger partial charge in [0.25, 0.3) is 5.91 Å². The maximum Gasteiger partial charge on any atom is 0.308 e. The largest absolute Gasteiger partial charge is 0.469 e. The van der Waals surface area contributed by atoms with Gasteiger partial charge < -0.3 is 24.8 Å². The molecule has 0 radical (unpaired) electrons. The number of carbonyl (C=O) groups is 2. The Bertz CT molecular complexity index is 1270. The van der Waals surface area contributed by atoms with E-state index in [4.69, 9.17) is 0 Å². The van der Waals surface area contributed by atoms with Crippen LogP contribution in [0.4, 0.5) is 4.39 Å². The second-order valence-electron chi connectivity index (χ2n) is 9.28. The molecule has 2 atom stereocenters. The zero-order chi connectivity index (χ0) is 27.8. The van der Waals surface area contributed by atoms with Gasteiger partial charge in [-0.05, 0) is 50.1 Å². The van der Waals surface area contributed by atoms with Gasteiger partial charge in [-0.3, -0.25) is 9.59 Å². The minimum absolute atomic E-state index is 0.0748. The standard InChI is InChI=1S/C30H35FN2O5/c1-5-32-30(37)29-28(20-9-7-6-8-10-20)27(21-11-13-22(31)14-12-21)25(33(29)19(2)3)16-15-23(34)17-24(35)18-26(36)38-4/h6-16,19,23-24,34-35H,5,17-18H2,1-4H3,(H,32,37)/t23-,24-/m1/s1. The zero-order valence-corrected chi connectivity index (χ0v) is 22.1. The van der Waals surface area contributed by atoms with Crippen molar-refractivity contribution in [1.82, 2.24) is 9.88 Å². The van der Waals surface area contributed by atoms with Crippen LogP contribution in [0.15, 0.2) is 60.7 Å². The van der Waals surface area contributed by atoms with Gasteiger partial charge in [-0.15, -0.1) is 0 Å². The molecule has 0 bridgehead atoms. The van der Waals surface area contributed by atoms with Crippen LogP contribution in [-0.2, 0) is 9.53 Å².